The Bertz CT molecular complexity index is 561. The van der Waals surface area contributed by atoms with Crippen molar-refractivity contribution in [2.24, 2.45) is 0 Å². The van der Waals surface area contributed by atoms with Crippen molar-refractivity contribution in [3.05, 3.63) is 39.9 Å². The minimum Gasteiger partial charge on any atom is -0.484 e. The molecule has 2 heterocycles. The summed E-state index contributed by atoms with van der Waals surface area (Å²) >= 11 is 11.8. The van der Waals surface area contributed by atoms with Gasteiger partial charge in [-0.2, -0.15) is 5.10 Å². The first-order chi connectivity index (χ1) is 8.72. The van der Waals surface area contributed by atoms with Crippen molar-refractivity contribution < 1.29 is 4.74 Å². The molecule has 18 heavy (non-hydrogen) atoms. The highest BCUT2D eigenvalue weighted by atomic mass is 35.5. The molecule has 6 heteroatoms. The van der Waals surface area contributed by atoms with Crippen LogP contribution in [0.25, 0.3) is 0 Å². The van der Waals surface area contributed by atoms with Gasteiger partial charge in [0.15, 0.2) is 5.82 Å². The smallest absolute Gasteiger partial charge is 0.188 e. The third-order valence-electron chi connectivity index (χ3n) is 2.81. The molecule has 0 unspecified atom stereocenters. The van der Waals surface area contributed by atoms with E-state index in [-0.39, 0.29) is 0 Å². The summed E-state index contributed by atoms with van der Waals surface area (Å²) in [6, 6.07) is 5.14. The number of halogens is 2. The molecule has 0 saturated carbocycles. The molecule has 0 aliphatic carbocycles. The van der Waals surface area contributed by atoms with Crippen LogP contribution in [0.1, 0.15) is 18.1 Å². The summed E-state index contributed by atoms with van der Waals surface area (Å²) in [6.07, 6.45) is 2.12. The molecule has 4 nitrogen and oxygen atoms in total. The van der Waals surface area contributed by atoms with Gasteiger partial charge in [0.05, 0.1) is 5.02 Å². The fourth-order valence-corrected chi connectivity index (χ4v) is 2.44. The lowest BCUT2D eigenvalue weighted by Gasteiger charge is -2.05. The summed E-state index contributed by atoms with van der Waals surface area (Å²) in [5, 5.41) is 5.45. The van der Waals surface area contributed by atoms with Crippen molar-refractivity contribution in [2.75, 3.05) is 0 Å². The third-order valence-corrected chi connectivity index (χ3v) is 3.34. The van der Waals surface area contributed by atoms with E-state index in [1.807, 2.05) is 4.68 Å². The Morgan fingerprint density at radius 3 is 3.00 bits per heavy atom. The van der Waals surface area contributed by atoms with Crippen LogP contribution >= 0.6 is 23.2 Å². The van der Waals surface area contributed by atoms with Gasteiger partial charge in [-0.15, -0.1) is 0 Å². The molecule has 0 amide bonds. The zero-order valence-electron chi connectivity index (χ0n) is 9.57. The molecule has 2 aromatic rings. The Hall–Kier alpha value is -1.26. The minimum atomic E-state index is 0.321. The topological polar surface area (TPSA) is 39.9 Å². The first-order valence-corrected chi connectivity index (χ1v) is 6.48. The molecular weight excluding hydrogens is 273 g/mol. The van der Waals surface area contributed by atoms with Gasteiger partial charge in [-0.05, 0) is 24.6 Å². The molecule has 0 N–H and O–H groups in total. The van der Waals surface area contributed by atoms with E-state index in [0.717, 1.165) is 25.2 Å². The zero-order valence-corrected chi connectivity index (χ0v) is 11.1. The van der Waals surface area contributed by atoms with E-state index in [4.69, 9.17) is 27.9 Å². The van der Waals surface area contributed by atoms with Gasteiger partial charge in [0, 0.05) is 18.0 Å². The van der Waals surface area contributed by atoms with Crippen LogP contribution in [-0.4, -0.2) is 14.8 Å². The highest BCUT2D eigenvalue weighted by Gasteiger charge is 2.15. The van der Waals surface area contributed by atoms with E-state index < -0.39 is 0 Å². The molecule has 0 radical (unpaired) electrons. The third kappa shape index (κ3) is 2.31. The summed E-state index contributed by atoms with van der Waals surface area (Å²) in [5.41, 5.74) is 0. The van der Waals surface area contributed by atoms with Crippen LogP contribution in [0.3, 0.4) is 0 Å². The lowest BCUT2D eigenvalue weighted by molar-refractivity contribution is 0.295. The monoisotopic (exact) mass is 283 g/mol. The number of ether oxygens (including phenoxy) is 1. The number of rotatable bonds is 3. The van der Waals surface area contributed by atoms with Crippen molar-refractivity contribution >= 4 is 23.2 Å². The van der Waals surface area contributed by atoms with Crippen LogP contribution in [0.2, 0.25) is 10.0 Å². The average Bonchev–Trinajstić information content (AvgIpc) is 2.88. The van der Waals surface area contributed by atoms with Gasteiger partial charge in [-0.3, -0.25) is 0 Å². The molecule has 1 aromatic heterocycles. The Morgan fingerprint density at radius 2 is 2.22 bits per heavy atom. The van der Waals surface area contributed by atoms with Crippen LogP contribution in [0.5, 0.6) is 5.75 Å². The highest BCUT2D eigenvalue weighted by Crippen LogP contribution is 2.28. The SMILES string of the molecule is Clc1ccc(OCc2nc3n(n2)CCC3)c(Cl)c1. The first kappa shape index (κ1) is 11.8. The predicted octanol–water partition coefficient (Wildman–Crippen LogP) is 3.11. The fourth-order valence-electron chi connectivity index (χ4n) is 1.97. The lowest BCUT2D eigenvalue weighted by atomic mass is 10.3. The van der Waals surface area contributed by atoms with E-state index in [1.54, 1.807) is 18.2 Å². The molecule has 1 aliphatic heterocycles. The van der Waals surface area contributed by atoms with Crippen LogP contribution < -0.4 is 4.74 Å². The fraction of sp³-hybridized carbons (Fsp3) is 0.333. The van der Waals surface area contributed by atoms with Gasteiger partial charge in [-0.25, -0.2) is 9.67 Å². The van der Waals surface area contributed by atoms with Crippen molar-refractivity contribution in [1.82, 2.24) is 14.8 Å². The normalized spacial score (nSPS) is 13.7. The van der Waals surface area contributed by atoms with Gasteiger partial charge in [0.1, 0.15) is 18.2 Å². The number of hydrogen-bond donors (Lipinski definition) is 0. The maximum absolute atomic E-state index is 6.02. The summed E-state index contributed by atoms with van der Waals surface area (Å²) in [4.78, 5) is 4.41. The van der Waals surface area contributed by atoms with E-state index in [0.29, 0.717) is 28.2 Å². The number of hydrogen-bond acceptors (Lipinski definition) is 3. The van der Waals surface area contributed by atoms with Crippen molar-refractivity contribution in [3.8, 4) is 5.75 Å². The Balaban J connectivity index is 1.70. The largest absolute Gasteiger partial charge is 0.484 e. The van der Waals surface area contributed by atoms with Crippen LogP contribution in [0.15, 0.2) is 18.2 Å². The van der Waals surface area contributed by atoms with Gasteiger partial charge in [0.2, 0.25) is 0 Å². The van der Waals surface area contributed by atoms with Crippen LogP contribution in [0.4, 0.5) is 0 Å². The zero-order chi connectivity index (χ0) is 12.5. The van der Waals surface area contributed by atoms with Gasteiger partial charge < -0.3 is 4.74 Å². The lowest BCUT2D eigenvalue weighted by Crippen LogP contribution is -2.00. The number of aryl methyl sites for hydroxylation is 2. The van der Waals surface area contributed by atoms with Crippen molar-refractivity contribution in [1.29, 1.82) is 0 Å². The Labute approximate surface area is 114 Å². The molecular formula is C12H11Cl2N3O. The number of nitrogens with zero attached hydrogens (tertiary/aromatic N) is 3. The first-order valence-electron chi connectivity index (χ1n) is 5.73. The second-order valence-electron chi connectivity index (χ2n) is 4.13. The second-order valence-corrected chi connectivity index (χ2v) is 4.98. The highest BCUT2D eigenvalue weighted by molar-refractivity contribution is 6.35. The molecule has 1 aromatic carbocycles. The number of benzene rings is 1. The molecule has 0 bridgehead atoms. The minimum absolute atomic E-state index is 0.321. The van der Waals surface area contributed by atoms with E-state index in [1.165, 1.54) is 0 Å². The number of aromatic nitrogens is 3. The Kier molecular flexibility index (Phi) is 3.14. The molecule has 3 rings (SSSR count). The second kappa shape index (κ2) is 4.78. The predicted molar refractivity (Wildman–Crippen MR) is 69.1 cm³/mol. The molecule has 0 fully saturated rings. The molecule has 0 saturated heterocycles. The maximum Gasteiger partial charge on any atom is 0.188 e. The van der Waals surface area contributed by atoms with Gasteiger partial charge in [0.25, 0.3) is 0 Å². The quantitative estimate of drug-likeness (QED) is 0.869. The van der Waals surface area contributed by atoms with E-state index in [9.17, 15) is 0 Å². The molecule has 94 valence electrons. The maximum atomic E-state index is 6.02. The Morgan fingerprint density at radius 1 is 1.33 bits per heavy atom. The van der Waals surface area contributed by atoms with Gasteiger partial charge >= 0.3 is 0 Å². The summed E-state index contributed by atoms with van der Waals surface area (Å²) < 4.78 is 7.52. The standard InChI is InChI=1S/C12H11Cl2N3O/c13-8-3-4-10(9(14)6-8)18-7-11-15-12-2-1-5-17(12)16-11/h3-4,6H,1-2,5,7H2. The molecule has 0 atom stereocenters. The van der Waals surface area contributed by atoms with E-state index >= 15 is 0 Å². The van der Waals surface area contributed by atoms with Crippen LogP contribution in [-0.2, 0) is 19.6 Å². The summed E-state index contributed by atoms with van der Waals surface area (Å²) in [6.45, 7) is 1.27. The summed E-state index contributed by atoms with van der Waals surface area (Å²) in [5.74, 6) is 2.32. The van der Waals surface area contributed by atoms with Crippen LogP contribution in [0, 0.1) is 0 Å². The average molecular weight is 284 g/mol. The van der Waals surface area contributed by atoms with Crippen molar-refractivity contribution in [2.45, 2.75) is 26.0 Å². The number of fused-ring (bicyclic) bond motifs is 1. The molecule has 1 aliphatic rings. The van der Waals surface area contributed by atoms with Crippen molar-refractivity contribution in [3.63, 3.8) is 0 Å². The molecule has 0 spiro atoms. The van der Waals surface area contributed by atoms with Gasteiger partial charge in [-0.1, -0.05) is 23.2 Å². The summed E-state index contributed by atoms with van der Waals surface area (Å²) in [7, 11) is 0. The van der Waals surface area contributed by atoms with E-state index in [2.05, 4.69) is 10.1 Å².